The number of para-hydroxylation sites is 1. The zero-order valence-corrected chi connectivity index (χ0v) is 22.0. The van der Waals surface area contributed by atoms with E-state index in [9.17, 15) is 9.59 Å². The highest BCUT2D eigenvalue weighted by molar-refractivity contribution is 6.42. The van der Waals surface area contributed by atoms with Crippen molar-refractivity contribution in [2.75, 3.05) is 13.2 Å². The minimum absolute atomic E-state index is 0.253. The van der Waals surface area contributed by atoms with Gasteiger partial charge in [0.2, 0.25) is 0 Å². The lowest BCUT2D eigenvalue weighted by Gasteiger charge is -2.06. The molecule has 0 spiro atoms. The van der Waals surface area contributed by atoms with Crippen LogP contribution in [0, 0.1) is 0 Å². The monoisotopic (exact) mass is 549 g/mol. The molecule has 38 heavy (non-hydrogen) atoms. The van der Waals surface area contributed by atoms with Gasteiger partial charge in [-0.2, -0.15) is 10.2 Å². The average Bonchev–Trinajstić information content (AvgIpc) is 3.37. The largest absolute Gasteiger partial charge is 0.494 e. The maximum Gasteiger partial charge on any atom is 0.259 e. The van der Waals surface area contributed by atoms with Crippen molar-refractivity contribution in [1.82, 2.24) is 20.5 Å². The Bertz CT molecular complexity index is 1440. The summed E-state index contributed by atoms with van der Waals surface area (Å²) in [6.07, 6.45) is 4.27. The molecule has 1 heterocycles. The van der Waals surface area contributed by atoms with Crippen LogP contribution in [0.2, 0.25) is 10.0 Å². The van der Waals surface area contributed by atoms with Gasteiger partial charge in [-0.1, -0.05) is 48.3 Å². The number of halogens is 2. The van der Waals surface area contributed by atoms with E-state index in [-0.39, 0.29) is 11.6 Å². The fourth-order valence-electron chi connectivity index (χ4n) is 3.46. The molecule has 0 saturated carbocycles. The van der Waals surface area contributed by atoms with Gasteiger partial charge in [-0.05, 0) is 61.0 Å². The SMILES string of the molecule is CCCOc1ccc(-c2nn(-c3ccccc3)cc2C=NNC(=O)CNC(=O)c2ccc(Cl)c(Cl)c2)cc1. The molecule has 0 aliphatic carbocycles. The van der Waals surface area contributed by atoms with E-state index in [2.05, 4.69) is 22.8 Å². The van der Waals surface area contributed by atoms with Crippen molar-refractivity contribution in [2.45, 2.75) is 13.3 Å². The van der Waals surface area contributed by atoms with E-state index in [1.54, 1.807) is 4.68 Å². The van der Waals surface area contributed by atoms with Crippen LogP contribution in [0.3, 0.4) is 0 Å². The molecule has 4 rings (SSSR count). The predicted molar refractivity (Wildman–Crippen MR) is 149 cm³/mol. The first-order chi connectivity index (χ1) is 18.4. The Hall–Kier alpha value is -4.14. The summed E-state index contributed by atoms with van der Waals surface area (Å²) in [6, 6.07) is 21.8. The molecule has 0 aliphatic heterocycles. The standard InChI is InChI=1S/C28H25Cl2N5O3/c1-2-14-38-23-11-8-19(9-12-23)27-21(18-35(34-27)22-6-4-3-5-7-22)16-32-33-26(36)17-31-28(37)20-10-13-24(29)25(30)15-20/h3-13,15-16,18H,2,14,17H2,1H3,(H,31,37)(H,33,36). The molecular formula is C28H25Cl2N5O3. The third kappa shape index (κ3) is 7.00. The van der Waals surface area contributed by atoms with Crippen LogP contribution in [0.4, 0.5) is 0 Å². The van der Waals surface area contributed by atoms with Crippen molar-refractivity contribution in [3.05, 3.63) is 100 Å². The van der Waals surface area contributed by atoms with Crippen LogP contribution in [0.5, 0.6) is 5.75 Å². The van der Waals surface area contributed by atoms with Crippen molar-refractivity contribution >= 4 is 41.2 Å². The van der Waals surface area contributed by atoms with Gasteiger partial charge in [-0.3, -0.25) is 9.59 Å². The van der Waals surface area contributed by atoms with E-state index in [1.165, 1.54) is 24.4 Å². The van der Waals surface area contributed by atoms with Crippen molar-refractivity contribution in [3.63, 3.8) is 0 Å². The number of aromatic nitrogens is 2. The molecule has 2 amide bonds. The highest BCUT2D eigenvalue weighted by atomic mass is 35.5. The van der Waals surface area contributed by atoms with Crippen molar-refractivity contribution in [3.8, 4) is 22.7 Å². The first-order valence-corrected chi connectivity index (χ1v) is 12.6. The summed E-state index contributed by atoms with van der Waals surface area (Å²) in [5.74, 6) is -0.173. The Morgan fingerprint density at radius 3 is 2.50 bits per heavy atom. The topological polar surface area (TPSA) is 97.6 Å². The van der Waals surface area contributed by atoms with E-state index in [0.717, 1.165) is 23.4 Å². The lowest BCUT2D eigenvalue weighted by molar-refractivity contribution is -0.120. The first-order valence-electron chi connectivity index (χ1n) is 11.9. The summed E-state index contributed by atoms with van der Waals surface area (Å²) in [4.78, 5) is 24.6. The van der Waals surface area contributed by atoms with Crippen LogP contribution < -0.4 is 15.5 Å². The summed E-state index contributed by atoms with van der Waals surface area (Å²) in [7, 11) is 0. The second-order valence-electron chi connectivity index (χ2n) is 8.19. The molecule has 0 fully saturated rings. The summed E-state index contributed by atoms with van der Waals surface area (Å²) in [5, 5.41) is 11.9. The molecule has 3 aromatic carbocycles. The Labute approximate surface area is 230 Å². The Balaban J connectivity index is 1.45. The van der Waals surface area contributed by atoms with Gasteiger partial charge in [0.25, 0.3) is 11.8 Å². The molecule has 10 heteroatoms. The Morgan fingerprint density at radius 2 is 1.79 bits per heavy atom. The highest BCUT2D eigenvalue weighted by Gasteiger charge is 2.13. The van der Waals surface area contributed by atoms with Gasteiger partial charge >= 0.3 is 0 Å². The number of rotatable bonds is 10. The van der Waals surface area contributed by atoms with Crippen LogP contribution in [-0.2, 0) is 4.79 Å². The fraction of sp³-hybridized carbons (Fsp3) is 0.143. The summed E-state index contributed by atoms with van der Waals surface area (Å²) >= 11 is 11.8. The van der Waals surface area contributed by atoms with E-state index in [4.69, 9.17) is 33.0 Å². The molecule has 4 aromatic rings. The third-order valence-corrected chi connectivity index (χ3v) is 6.09. The van der Waals surface area contributed by atoms with Crippen LogP contribution in [0.1, 0.15) is 29.3 Å². The maximum atomic E-state index is 12.3. The Kier molecular flexibility index (Phi) is 9.13. The molecule has 1 aromatic heterocycles. The summed E-state index contributed by atoms with van der Waals surface area (Å²) in [6.45, 7) is 2.43. The third-order valence-electron chi connectivity index (χ3n) is 5.35. The van der Waals surface area contributed by atoms with E-state index in [1.807, 2.05) is 60.8 Å². The van der Waals surface area contributed by atoms with E-state index < -0.39 is 11.8 Å². The highest BCUT2D eigenvalue weighted by Crippen LogP contribution is 2.25. The quantitative estimate of drug-likeness (QED) is 0.201. The average molecular weight is 550 g/mol. The summed E-state index contributed by atoms with van der Waals surface area (Å²) < 4.78 is 7.43. The van der Waals surface area contributed by atoms with Gasteiger partial charge in [-0.15, -0.1) is 0 Å². The number of hydrazone groups is 1. The normalized spacial score (nSPS) is 10.9. The van der Waals surface area contributed by atoms with Gasteiger partial charge in [0, 0.05) is 22.9 Å². The van der Waals surface area contributed by atoms with Crippen molar-refractivity contribution < 1.29 is 14.3 Å². The second kappa shape index (κ2) is 12.9. The van der Waals surface area contributed by atoms with Gasteiger partial charge in [0.15, 0.2) is 0 Å². The number of ether oxygens (including phenoxy) is 1. The number of hydrogen-bond acceptors (Lipinski definition) is 5. The lowest BCUT2D eigenvalue weighted by Crippen LogP contribution is -2.34. The summed E-state index contributed by atoms with van der Waals surface area (Å²) in [5.41, 5.74) is 5.84. The predicted octanol–water partition coefficient (Wildman–Crippen LogP) is 5.52. The second-order valence-corrected chi connectivity index (χ2v) is 9.01. The van der Waals surface area contributed by atoms with E-state index >= 15 is 0 Å². The number of hydrogen-bond donors (Lipinski definition) is 2. The number of nitrogens with one attached hydrogen (secondary N) is 2. The zero-order valence-electron chi connectivity index (χ0n) is 20.5. The molecular weight excluding hydrogens is 525 g/mol. The molecule has 0 radical (unpaired) electrons. The van der Waals surface area contributed by atoms with Crippen LogP contribution in [-0.4, -0.2) is 41.0 Å². The lowest BCUT2D eigenvalue weighted by atomic mass is 10.1. The van der Waals surface area contributed by atoms with Gasteiger partial charge < -0.3 is 10.1 Å². The smallest absolute Gasteiger partial charge is 0.259 e. The van der Waals surface area contributed by atoms with Crippen LogP contribution in [0.15, 0.2) is 84.1 Å². The minimum Gasteiger partial charge on any atom is -0.494 e. The minimum atomic E-state index is -0.496. The van der Waals surface area contributed by atoms with Crippen molar-refractivity contribution in [1.29, 1.82) is 0 Å². The number of nitrogens with zero attached hydrogens (tertiary/aromatic N) is 3. The molecule has 2 N–H and O–H groups in total. The van der Waals surface area contributed by atoms with Crippen LogP contribution >= 0.6 is 23.2 Å². The maximum absolute atomic E-state index is 12.3. The van der Waals surface area contributed by atoms with Gasteiger partial charge in [-0.25, -0.2) is 10.1 Å². The number of carbonyl (C=O) groups excluding carboxylic acids is 2. The van der Waals surface area contributed by atoms with Gasteiger partial charge in [0.1, 0.15) is 11.4 Å². The molecule has 194 valence electrons. The molecule has 0 atom stereocenters. The molecule has 0 saturated heterocycles. The first kappa shape index (κ1) is 26.9. The molecule has 0 aliphatic rings. The number of carbonyl (C=O) groups is 2. The molecule has 8 nitrogen and oxygen atoms in total. The number of benzene rings is 3. The fourth-order valence-corrected chi connectivity index (χ4v) is 3.76. The van der Waals surface area contributed by atoms with Crippen molar-refractivity contribution in [2.24, 2.45) is 5.10 Å². The number of amides is 2. The van der Waals surface area contributed by atoms with Gasteiger partial charge in [0.05, 0.1) is 35.1 Å². The zero-order chi connectivity index (χ0) is 26.9. The van der Waals surface area contributed by atoms with Crippen LogP contribution in [0.25, 0.3) is 16.9 Å². The van der Waals surface area contributed by atoms with E-state index in [0.29, 0.717) is 28.5 Å². The molecule has 0 bridgehead atoms. The molecule has 0 unspecified atom stereocenters. The Morgan fingerprint density at radius 1 is 1.03 bits per heavy atom.